The molecule has 2 aromatic carbocycles. The normalized spacial score (nSPS) is 14.9. The maximum absolute atomic E-state index is 14.6. The van der Waals surface area contributed by atoms with Gasteiger partial charge in [-0.15, -0.1) is 0 Å². The number of thioether (sulfide) groups is 1. The molecule has 4 rings (SSSR count). The summed E-state index contributed by atoms with van der Waals surface area (Å²) in [6.45, 7) is 2.41. The third kappa shape index (κ3) is 4.29. The molecule has 152 valence electrons. The number of carbonyl (C=O) groups excluding carboxylic acids is 1. The van der Waals surface area contributed by atoms with Crippen molar-refractivity contribution in [2.45, 2.75) is 13.3 Å². The minimum Gasteiger partial charge on any atom is -0.491 e. The van der Waals surface area contributed by atoms with Gasteiger partial charge >= 0.3 is 0 Å². The first kappa shape index (κ1) is 20.3. The molecule has 0 spiro atoms. The van der Waals surface area contributed by atoms with E-state index in [1.165, 1.54) is 17.8 Å². The van der Waals surface area contributed by atoms with E-state index in [2.05, 4.69) is 10.4 Å². The van der Waals surface area contributed by atoms with Gasteiger partial charge in [0.05, 0.1) is 17.2 Å². The zero-order chi connectivity index (χ0) is 21.1. The molecule has 0 saturated carbocycles. The quantitative estimate of drug-likeness (QED) is 0.435. The van der Waals surface area contributed by atoms with Crippen molar-refractivity contribution >= 4 is 40.3 Å². The molecule has 1 aliphatic rings. The number of ether oxygens (including phenoxy) is 1. The van der Waals surface area contributed by atoms with Crippen molar-refractivity contribution in [3.05, 3.63) is 71.0 Å². The van der Waals surface area contributed by atoms with Gasteiger partial charge in [-0.05, 0) is 42.8 Å². The standard InChI is InChI=1S/C22H18FN3O2S2/c1-2-10-28-18-9-8-14(11-17(18)23)20-15(12-19-21(27)24-22(29)30-19)13-26(25-20)16-6-4-3-5-7-16/h3-9,11-13H,2,10H2,1H3,(H,24,27,29). The second kappa shape index (κ2) is 8.81. The van der Waals surface area contributed by atoms with Crippen LogP contribution in [-0.4, -0.2) is 26.6 Å². The van der Waals surface area contributed by atoms with Gasteiger partial charge in [0.1, 0.15) is 10.0 Å². The average Bonchev–Trinajstić information content (AvgIpc) is 3.30. The minimum absolute atomic E-state index is 0.207. The molecule has 3 aromatic rings. The van der Waals surface area contributed by atoms with Crippen molar-refractivity contribution in [1.29, 1.82) is 0 Å². The van der Waals surface area contributed by atoms with Crippen molar-refractivity contribution < 1.29 is 13.9 Å². The molecule has 0 bridgehead atoms. The summed E-state index contributed by atoms with van der Waals surface area (Å²) in [5.74, 6) is -0.500. The van der Waals surface area contributed by atoms with Crippen molar-refractivity contribution in [2.75, 3.05) is 6.61 Å². The highest BCUT2D eigenvalue weighted by atomic mass is 32.2. The van der Waals surface area contributed by atoms with Crippen molar-refractivity contribution in [3.8, 4) is 22.7 Å². The molecule has 1 N–H and O–H groups in total. The lowest BCUT2D eigenvalue weighted by atomic mass is 10.1. The lowest BCUT2D eigenvalue weighted by Gasteiger charge is -2.07. The number of benzene rings is 2. The number of para-hydroxylation sites is 1. The van der Waals surface area contributed by atoms with E-state index in [9.17, 15) is 9.18 Å². The fourth-order valence-corrected chi connectivity index (χ4v) is 4.00. The van der Waals surface area contributed by atoms with Crippen LogP contribution < -0.4 is 10.1 Å². The number of amides is 1. The minimum atomic E-state index is -0.456. The highest BCUT2D eigenvalue weighted by molar-refractivity contribution is 8.26. The third-order valence-electron chi connectivity index (χ3n) is 4.36. The largest absolute Gasteiger partial charge is 0.491 e. The first-order valence-corrected chi connectivity index (χ1v) is 10.6. The number of nitrogens with one attached hydrogen (secondary N) is 1. The first-order valence-electron chi connectivity index (χ1n) is 9.38. The Kier molecular flexibility index (Phi) is 5.96. The van der Waals surface area contributed by atoms with E-state index in [1.54, 1.807) is 22.9 Å². The summed E-state index contributed by atoms with van der Waals surface area (Å²) in [6, 6.07) is 14.3. The van der Waals surface area contributed by atoms with E-state index in [1.807, 2.05) is 43.5 Å². The third-order valence-corrected chi connectivity index (χ3v) is 5.52. The van der Waals surface area contributed by atoms with Crippen LogP contribution in [0.4, 0.5) is 4.39 Å². The highest BCUT2D eigenvalue weighted by Crippen LogP contribution is 2.32. The molecule has 0 atom stereocenters. The summed E-state index contributed by atoms with van der Waals surface area (Å²) in [5.41, 5.74) is 2.68. The van der Waals surface area contributed by atoms with Crippen LogP contribution in [0.2, 0.25) is 0 Å². The van der Waals surface area contributed by atoms with Crippen LogP contribution >= 0.6 is 24.0 Å². The van der Waals surface area contributed by atoms with Crippen LogP contribution in [0, 0.1) is 5.82 Å². The van der Waals surface area contributed by atoms with Crippen LogP contribution in [0.3, 0.4) is 0 Å². The number of thiocarbonyl (C=S) groups is 1. The average molecular weight is 440 g/mol. The molecule has 5 nitrogen and oxygen atoms in total. The topological polar surface area (TPSA) is 56.1 Å². The number of hydrogen-bond donors (Lipinski definition) is 1. The zero-order valence-electron chi connectivity index (χ0n) is 16.1. The molecule has 8 heteroatoms. The number of aromatic nitrogens is 2. The fraction of sp³-hybridized carbons (Fsp3) is 0.136. The van der Waals surface area contributed by atoms with Gasteiger partial charge in [-0.2, -0.15) is 5.10 Å². The van der Waals surface area contributed by atoms with E-state index in [-0.39, 0.29) is 11.7 Å². The van der Waals surface area contributed by atoms with Crippen LogP contribution in [-0.2, 0) is 4.79 Å². The Morgan fingerprint density at radius 1 is 1.27 bits per heavy atom. The molecule has 0 radical (unpaired) electrons. The maximum atomic E-state index is 14.6. The predicted molar refractivity (Wildman–Crippen MR) is 121 cm³/mol. The summed E-state index contributed by atoms with van der Waals surface area (Å²) in [6.07, 6.45) is 4.33. The van der Waals surface area contributed by atoms with Crippen LogP contribution in [0.25, 0.3) is 23.0 Å². The van der Waals surface area contributed by atoms with Gasteiger partial charge in [-0.1, -0.05) is 49.1 Å². The first-order chi connectivity index (χ1) is 14.5. The Morgan fingerprint density at radius 3 is 2.73 bits per heavy atom. The molecule has 1 aromatic heterocycles. The Bertz CT molecular complexity index is 1140. The van der Waals surface area contributed by atoms with E-state index < -0.39 is 5.82 Å². The lowest BCUT2D eigenvalue weighted by molar-refractivity contribution is -0.115. The highest BCUT2D eigenvalue weighted by Gasteiger charge is 2.23. The van der Waals surface area contributed by atoms with Gasteiger partial charge in [0.2, 0.25) is 0 Å². The van der Waals surface area contributed by atoms with Gasteiger partial charge in [0, 0.05) is 17.3 Å². The fourth-order valence-electron chi connectivity index (χ4n) is 2.97. The van der Waals surface area contributed by atoms with Gasteiger partial charge < -0.3 is 10.1 Å². The summed E-state index contributed by atoms with van der Waals surface area (Å²) in [7, 11) is 0. The molecule has 2 heterocycles. The summed E-state index contributed by atoms with van der Waals surface area (Å²) in [5, 5.41) is 7.26. The van der Waals surface area contributed by atoms with E-state index in [0.717, 1.165) is 12.1 Å². The Labute approximate surface area is 182 Å². The summed E-state index contributed by atoms with van der Waals surface area (Å²) < 4.78 is 22.1. The maximum Gasteiger partial charge on any atom is 0.263 e. The Hall–Kier alpha value is -2.97. The Balaban J connectivity index is 1.79. The number of halogens is 1. The van der Waals surface area contributed by atoms with Crippen molar-refractivity contribution in [2.24, 2.45) is 0 Å². The molecule has 0 unspecified atom stereocenters. The lowest BCUT2D eigenvalue weighted by Crippen LogP contribution is -2.17. The molecule has 1 fully saturated rings. The van der Waals surface area contributed by atoms with Crippen LogP contribution in [0.1, 0.15) is 18.9 Å². The van der Waals surface area contributed by atoms with Gasteiger partial charge in [-0.25, -0.2) is 9.07 Å². The number of rotatable bonds is 6. The molecule has 30 heavy (non-hydrogen) atoms. The van der Waals surface area contributed by atoms with Crippen LogP contribution in [0.5, 0.6) is 5.75 Å². The number of hydrogen-bond acceptors (Lipinski definition) is 5. The number of carbonyl (C=O) groups is 1. The second-order valence-electron chi connectivity index (χ2n) is 6.56. The second-order valence-corrected chi connectivity index (χ2v) is 8.28. The van der Waals surface area contributed by atoms with Gasteiger partial charge in [0.15, 0.2) is 11.6 Å². The summed E-state index contributed by atoms with van der Waals surface area (Å²) in [4.78, 5) is 12.6. The van der Waals surface area contributed by atoms with E-state index in [0.29, 0.717) is 32.7 Å². The molecular weight excluding hydrogens is 421 g/mol. The van der Waals surface area contributed by atoms with Crippen LogP contribution in [0.15, 0.2) is 59.6 Å². The molecule has 1 amide bonds. The molecule has 1 aliphatic heterocycles. The molecule has 1 saturated heterocycles. The smallest absolute Gasteiger partial charge is 0.263 e. The zero-order valence-corrected chi connectivity index (χ0v) is 17.7. The SMILES string of the molecule is CCCOc1ccc(-c2nn(-c3ccccc3)cc2C=C2SC(=S)NC2=O)cc1F. The monoisotopic (exact) mass is 439 g/mol. The van der Waals surface area contributed by atoms with Crippen molar-refractivity contribution in [1.82, 2.24) is 15.1 Å². The Morgan fingerprint density at radius 2 is 2.07 bits per heavy atom. The van der Waals surface area contributed by atoms with E-state index >= 15 is 0 Å². The predicted octanol–water partition coefficient (Wildman–Crippen LogP) is 4.96. The van der Waals surface area contributed by atoms with E-state index in [4.69, 9.17) is 17.0 Å². The van der Waals surface area contributed by atoms with Gasteiger partial charge in [-0.3, -0.25) is 4.79 Å². The van der Waals surface area contributed by atoms with Crippen molar-refractivity contribution in [3.63, 3.8) is 0 Å². The van der Waals surface area contributed by atoms with Gasteiger partial charge in [0.25, 0.3) is 5.91 Å². The summed E-state index contributed by atoms with van der Waals surface area (Å²) >= 11 is 6.26. The number of nitrogens with zero attached hydrogens (tertiary/aromatic N) is 2. The molecule has 0 aliphatic carbocycles. The molecular formula is C22H18FN3O2S2.